The van der Waals surface area contributed by atoms with Gasteiger partial charge in [-0.25, -0.2) is 0 Å². The Morgan fingerprint density at radius 2 is 1.78 bits per heavy atom. The molecule has 18 heavy (non-hydrogen) atoms. The van der Waals surface area contributed by atoms with Crippen molar-refractivity contribution in [3.8, 4) is 12.1 Å². The number of fused-ring (bicyclic) bond motifs is 3. The molecule has 0 fully saturated rings. The second-order valence-corrected chi connectivity index (χ2v) is 4.22. The Balaban J connectivity index is 2.65. The van der Waals surface area contributed by atoms with Crippen LogP contribution in [0, 0.1) is 22.7 Å². The molecular weight excluding hydrogens is 222 g/mol. The van der Waals surface area contributed by atoms with Crippen LogP contribution in [0.4, 0.5) is 0 Å². The van der Waals surface area contributed by atoms with Crippen molar-refractivity contribution in [3.05, 3.63) is 47.5 Å². The first-order valence-corrected chi connectivity index (χ1v) is 5.57. The van der Waals surface area contributed by atoms with Crippen LogP contribution in [0.1, 0.15) is 11.1 Å². The summed E-state index contributed by atoms with van der Waals surface area (Å²) in [6.45, 7) is 0. The van der Waals surface area contributed by atoms with Crippen molar-refractivity contribution in [2.45, 2.75) is 0 Å². The van der Waals surface area contributed by atoms with Crippen molar-refractivity contribution in [3.63, 3.8) is 0 Å². The first-order chi connectivity index (χ1) is 8.76. The summed E-state index contributed by atoms with van der Waals surface area (Å²) in [5.74, 6) is 0. The van der Waals surface area contributed by atoms with Gasteiger partial charge in [-0.15, -0.1) is 0 Å². The van der Waals surface area contributed by atoms with Crippen molar-refractivity contribution in [2.24, 2.45) is 7.05 Å². The Hall–Kier alpha value is -2.78. The van der Waals surface area contributed by atoms with Crippen LogP contribution in [0.25, 0.3) is 21.8 Å². The van der Waals surface area contributed by atoms with Gasteiger partial charge in [0.2, 0.25) is 0 Å². The summed E-state index contributed by atoms with van der Waals surface area (Å²) in [7, 11) is 1.94. The molecule has 0 radical (unpaired) electrons. The largest absolute Gasteiger partial charge is 0.343 e. The molecule has 3 heteroatoms. The van der Waals surface area contributed by atoms with Gasteiger partial charge in [0.25, 0.3) is 0 Å². The van der Waals surface area contributed by atoms with Crippen molar-refractivity contribution in [1.82, 2.24) is 4.57 Å². The Kier molecular flexibility index (Phi) is 2.08. The highest BCUT2D eigenvalue weighted by molar-refractivity contribution is 6.10. The maximum absolute atomic E-state index is 9.23. The molecule has 3 nitrogen and oxygen atoms in total. The lowest BCUT2D eigenvalue weighted by molar-refractivity contribution is 1.01. The van der Waals surface area contributed by atoms with Crippen LogP contribution in [0.3, 0.4) is 0 Å². The summed E-state index contributed by atoms with van der Waals surface area (Å²) in [6, 6.07) is 15.7. The Morgan fingerprint density at radius 3 is 2.50 bits per heavy atom. The van der Waals surface area contributed by atoms with Crippen LogP contribution in [-0.4, -0.2) is 4.57 Å². The van der Waals surface area contributed by atoms with E-state index >= 15 is 0 Å². The number of benzene rings is 2. The van der Waals surface area contributed by atoms with E-state index in [0.717, 1.165) is 21.8 Å². The van der Waals surface area contributed by atoms with Gasteiger partial charge in [0.1, 0.15) is 6.07 Å². The molecule has 3 rings (SSSR count). The van der Waals surface area contributed by atoms with Crippen molar-refractivity contribution in [1.29, 1.82) is 10.5 Å². The molecule has 1 aromatic heterocycles. The van der Waals surface area contributed by atoms with Crippen LogP contribution in [0.2, 0.25) is 0 Å². The normalized spacial score (nSPS) is 10.4. The van der Waals surface area contributed by atoms with E-state index in [1.54, 1.807) is 6.07 Å². The SMILES string of the molecule is Cn1c2ccccc2c2cc(C#N)cc(C#N)c21. The fraction of sp³-hybridized carbons (Fsp3) is 0.0667. The van der Waals surface area contributed by atoms with Crippen molar-refractivity contribution >= 4 is 21.8 Å². The second-order valence-electron chi connectivity index (χ2n) is 4.22. The fourth-order valence-corrected chi connectivity index (χ4v) is 2.47. The zero-order valence-corrected chi connectivity index (χ0v) is 9.81. The second kappa shape index (κ2) is 3.61. The van der Waals surface area contributed by atoms with E-state index in [-0.39, 0.29) is 0 Å². The van der Waals surface area contributed by atoms with E-state index in [1.165, 1.54) is 0 Å². The third kappa shape index (κ3) is 1.22. The lowest BCUT2D eigenvalue weighted by Crippen LogP contribution is -1.90. The van der Waals surface area contributed by atoms with Crippen molar-refractivity contribution in [2.75, 3.05) is 0 Å². The van der Waals surface area contributed by atoms with Gasteiger partial charge in [-0.3, -0.25) is 0 Å². The number of hydrogen-bond acceptors (Lipinski definition) is 2. The van der Waals surface area contributed by atoms with Gasteiger partial charge >= 0.3 is 0 Å². The molecular formula is C15H9N3. The Bertz CT molecular complexity index is 857. The van der Waals surface area contributed by atoms with Crippen molar-refractivity contribution < 1.29 is 0 Å². The van der Waals surface area contributed by atoms with Gasteiger partial charge < -0.3 is 4.57 Å². The molecule has 0 atom stereocenters. The molecule has 0 saturated heterocycles. The molecule has 3 aromatic rings. The maximum atomic E-state index is 9.23. The maximum Gasteiger partial charge on any atom is 0.101 e. The third-order valence-electron chi connectivity index (χ3n) is 3.25. The summed E-state index contributed by atoms with van der Waals surface area (Å²) in [5, 5.41) is 20.3. The van der Waals surface area contributed by atoms with Gasteiger partial charge in [0, 0.05) is 23.3 Å². The van der Waals surface area contributed by atoms with E-state index in [4.69, 9.17) is 5.26 Å². The number of aryl methyl sites for hydroxylation is 1. The number of nitriles is 2. The third-order valence-corrected chi connectivity index (χ3v) is 3.25. The lowest BCUT2D eigenvalue weighted by Gasteiger charge is -2.00. The quantitative estimate of drug-likeness (QED) is 0.597. The Labute approximate surface area is 104 Å². The molecule has 0 N–H and O–H groups in total. The summed E-state index contributed by atoms with van der Waals surface area (Å²) < 4.78 is 2.00. The zero-order valence-electron chi connectivity index (χ0n) is 9.81. The number of aromatic nitrogens is 1. The minimum atomic E-state index is 0.524. The average molecular weight is 231 g/mol. The Morgan fingerprint density at radius 1 is 1.00 bits per heavy atom. The molecule has 84 valence electrons. The van der Waals surface area contributed by atoms with Crippen LogP contribution >= 0.6 is 0 Å². The van der Waals surface area contributed by atoms with Gasteiger partial charge in [-0.2, -0.15) is 10.5 Å². The van der Waals surface area contributed by atoms with Gasteiger partial charge in [-0.05, 0) is 18.2 Å². The topological polar surface area (TPSA) is 52.5 Å². The standard InChI is InChI=1S/C15H9N3/c1-18-14-5-3-2-4-12(14)13-7-10(8-16)6-11(9-17)15(13)18/h2-7H,1H3. The summed E-state index contributed by atoms with van der Waals surface area (Å²) in [6.07, 6.45) is 0. The molecule has 0 aliphatic heterocycles. The van der Waals surface area contributed by atoms with Gasteiger partial charge in [0.05, 0.1) is 22.7 Å². The van der Waals surface area contributed by atoms with Crippen LogP contribution in [-0.2, 0) is 7.05 Å². The predicted molar refractivity (Wildman–Crippen MR) is 69.9 cm³/mol. The zero-order chi connectivity index (χ0) is 12.7. The van der Waals surface area contributed by atoms with Crippen LogP contribution in [0.15, 0.2) is 36.4 Å². The molecule has 0 amide bonds. The van der Waals surface area contributed by atoms with E-state index in [9.17, 15) is 5.26 Å². The highest BCUT2D eigenvalue weighted by atomic mass is 14.9. The molecule has 0 aliphatic rings. The predicted octanol–water partition coefficient (Wildman–Crippen LogP) is 3.07. The molecule has 0 saturated carbocycles. The minimum Gasteiger partial charge on any atom is -0.343 e. The summed E-state index contributed by atoms with van der Waals surface area (Å²) >= 11 is 0. The van der Waals surface area contributed by atoms with E-state index in [1.807, 2.05) is 41.9 Å². The fourth-order valence-electron chi connectivity index (χ4n) is 2.47. The highest BCUT2D eigenvalue weighted by Crippen LogP contribution is 2.30. The van der Waals surface area contributed by atoms with Gasteiger partial charge in [-0.1, -0.05) is 18.2 Å². The molecule has 0 spiro atoms. The smallest absolute Gasteiger partial charge is 0.101 e. The van der Waals surface area contributed by atoms with E-state index in [0.29, 0.717) is 11.1 Å². The number of para-hydroxylation sites is 1. The number of hydrogen-bond donors (Lipinski definition) is 0. The van der Waals surface area contributed by atoms with Crippen LogP contribution < -0.4 is 0 Å². The lowest BCUT2D eigenvalue weighted by atomic mass is 10.1. The highest BCUT2D eigenvalue weighted by Gasteiger charge is 2.12. The molecule has 0 aliphatic carbocycles. The molecule has 0 unspecified atom stereocenters. The molecule has 1 heterocycles. The van der Waals surface area contributed by atoms with E-state index < -0.39 is 0 Å². The number of rotatable bonds is 0. The summed E-state index contributed by atoms with van der Waals surface area (Å²) in [5.41, 5.74) is 3.02. The number of nitrogens with zero attached hydrogens (tertiary/aromatic N) is 3. The monoisotopic (exact) mass is 231 g/mol. The molecule has 2 aromatic carbocycles. The van der Waals surface area contributed by atoms with Gasteiger partial charge in [0.15, 0.2) is 0 Å². The average Bonchev–Trinajstić information content (AvgIpc) is 2.72. The van der Waals surface area contributed by atoms with E-state index in [2.05, 4.69) is 12.1 Å². The first kappa shape index (κ1) is 10.4. The first-order valence-electron chi connectivity index (χ1n) is 5.57. The minimum absolute atomic E-state index is 0.524. The van der Waals surface area contributed by atoms with Crippen LogP contribution in [0.5, 0.6) is 0 Å². The summed E-state index contributed by atoms with van der Waals surface area (Å²) in [4.78, 5) is 0. The molecule has 0 bridgehead atoms.